The first kappa shape index (κ1) is 141. The highest BCUT2D eigenvalue weighted by Crippen LogP contribution is 2.34. The van der Waals surface area contributed by atoms with E-state index in [1.165, 1.54) is 56.4 Å². The first-order valence-electron chi connectivity index (χ1n) is 27.5. The fourth-order valence-electron chi connectivity index (χ4n) is 5.55. The maximum atomic E-state index is 4.83. The van der Waals surface area contributed by atoms with E-state index in [0.717, 1.165) is 11.4 Å². The predicted octanol–water partition coefficient (Wildman–Crippen LogP) is 7.95. The Labute approximate surface area is 1060 Å². The molecule has 0 bridgehead atoms. The Hall–Kier alpha value is 17.9. The van der Waals surface area contributed by atoms with E-state index < -0.39 is 0 Å². The average molecular weight is 3650 g/mol. The van der Waals surface area contributed by atoms with Gasteiger partial charge >= 0.3 is 0 Å². The summed E-state index contributed by atoms with van der Waals surface area (Å²) in [6.07, 6.45) is 0. The molecule has 0 saturated carbocycles. The van der Waals surface area contributed by atoms with Crippen LogP contribution in [0.3, 0.4) is 0 Å². The topological polar surface area (TPSA) is 17.0 Å². The SMILES string of the molecule is S=S=S=S=S=S=S=S=S=S=S=S=S=S=S=S=S=S=S=S=S=S=S=S=S=S=S=S=S=S=S=S=S=S=S=S=S=S=S=S=S=S=S=S=S=S=S=S=S=S=S=S=S=S=S=S=S=S=S=S=S=S=S=S=S=S=S=S=S=S=S=S=S=S=S=S=S=S=S=S=S=S=S=S=S=S=S=S=S=S=S=S=S=S=S=S=S=S=S=S=S.c1ccc(-c2ccc(Nc3ccc4c(c3)c3ccccc3n4-c3ccccc3)cc2)cc1. The number of anilines is 2. The molecule has 0 atom stereocenters. The molecule has 0 aliphatic carbocycles. The molecule has 0 fully saturated rings. The van der Waals surface area contributed by atoms with Crippen LogP contribution in [0.25, 0.3) is 38.6 Å². The monoisotopic (exact) mass is 3640 g/mol. The fourth-order valence-corrected chi connectivity index (χ4v) is 272. The maximum Gasteiger partial charge on any atom is 0.0542 e. The molecule has 133 heavy (non-hydrogen) atoms. The van der Waals surface area contributed by atoms with Gasteiger partial charge in [-0.15, -0.1) is 0 Å². The second-order valence-corrected chi connectivity index (χ2v) is 190. The molecule has 0 radical (unpaired) electrons. The van der Waals surface area contributed by atoms with Crippen molar-refractivity contribution in [3.05, 3.63) is 127 Å². The molecule has 2 nitrogen and oxygen atoms in total. The molecular weight excluding hydrogens is 3630 g/mol. The lowest BCUT2D eigenvalue weighted by atomic mass is 10.1. The summed E-state index contributed by atoms with van der Waals surface area (Å²) in [4.78, 5) is 0. The highest BCUT2D eigenvalue weighted by Gasteiger charge is 2.12. The molecule has 0 saturated heterocycles. The lowest BCUT2D eigenvalue weighted by Gasteiger charge is -2.10. The number of para-hydroxylation sites is 2. The van der Waals surface area contributed by atoms with Crippen LogP contribution in [0, 0.1) is 0 Å². The van der Waals surface area contributed by atoms with E-state index in [1.807, 2.05) is 761 Å². The van der Waals surface area contributed by atoms with Crippen molar-refractivity contribution in [2.24, 2.45) is 0 Å². The van der Waals surface area contributed by atoms with E-state index in [2.05, 4.69) is 131 Å². The van der Waals surface area contributed by atoms with Crippen molar-refractivity contribution in [3.63, 3.8) is 0 Å². The molecule has 6 rings (SSSR count). The third-order valence-electron chi connectivity index (χ3n) is 8.69. The molecule has 1 aromatic heterocycles. The van der Waals surface area contributed by atoms with Crippen molar-refractivity contribution in [1.82, 2.24) is 4.57 Å². The molecule has 103 heteroatoms. The van der Waals surface area contributed by atoms with Crippen LogP contribution in [0.2, 0.25) is 0 Å². The van der Waals surface area contributed by atoms with Crippen molar-refractivity contribution in [2.45, 2.75) is 0 Å². The Morgan fingerprint density at radius 1 is 0.143 bits per heavy atom. The zero-order valence-corrected chi connectivity index (χ0v) is 141. The van der Waals surface area contributed by atoms with Gasteiger partial charge in [0.1, 0.15) is 0 Å². The van der Waals surface area contributed by atoms with Crippen LogP contribution in [0.5, 0.6) is 0 Å². The summed E-state index contributed by atoms with van der Waals surface area (Å²) >= 11 is 9.66. The third-order valence-corrected chi connectivity index (χ3v) is 226. The van der Waals surface area contributed by atoms with E-state index >= 15 is 0 Å². The van der Waals surface area contributed by atoms with Crippen LogP contribution in [-0.2, 0) is 902 Å². The molecule has 0 aliphatic rings. The van der Waals surface area contributed by atoms with Crippen LogP contribution in [-0.4, -0.2) is 4.57 Å². The summed E-state index contributed by atoms with van der Waals surface area (Å²) < 4.78 is 2.34. The number of hydrogen-bond donors (Lipinski definition) is 1. The van der Waals surface area contributed by atoms with Crippen LogP contribution < -0.4 is 5.32 Å². The first-order valence-corrected chi connectivity index (χ1v) is 161. The van der Waals surface area contributed by atoms with Gasteiger partial charge in [-0.2, -0.15) is 0 Å². The minimum Gasteiger partial charge on any atom is -0.356 e. The maximum absolute atomic E-state index is 4.83. The minimum absolute atomic E-state index is 1.08. The standard InChI is InChI=1S/C30H22N2.S101/c1-3-9-22(10-4-1)23-15-17-24(18-16-23)31-25-19-20-30-28(21-25)27-13-7-8-14-29(27)32(30)26-11-5-2-6-12-26;1-3-5-7-9-11-13-15-17-19-21-23-25-27-29-31-33-35-37-39-41-43-45-47-49-51-53-55-57-59-61-63-65-67-69-71-73-75-77-79-81-83-85-87-89-91-93-95-97-99-101-100-98-96-94-92-90-88-86-84-82-80-78-76-74-72-70-68-66-64-62-60-58-56-54-52-50-48-46-44-42-40-38-36-34-32-30-28-26-24-22-20-18-16-14-12-10-8-6-4-2/h1-21,31H;. The van der Waals surface area contributed by atoms with E-state index in [-0.39, 0.29) is 0 Å². The third kappa shape index (κ3) is 90.9. The summed E-state index contributed by atoms with van der Waals surface area (Å²) in [5.74, 6) is 0. The molecule has 1 N–H and O–H groups in total. The average Bonchev–Trinajstić information content (AvgIpc) is 1.60. The van der Waals surface area contributed by atoms with Gasteiger partial charge in [0.15, 0.2) is 0 Å². The molecule has 0 amide bonds. The van der Waals surface area contributed by atoms with Gasteiger partial charge in [-0.3, -0.25) is 0 Å². The Balaban J connectivity index is 0.000000797. The summed E-state index contributed by atoms with van der Waals surface area (Å²) in [6.45, 7) is 0. The first-order chi connectivity index (χ1) is 66.3. The van der Waals surface area contributed by atoms with E-state index in [0.29, 0.717) is 0 Å². The van der Waals surface area contributed by atoms with Crippen molar-refractivity contribution in [3.8, 4) is 16.8 Å². The Kier molecular flexibility index (Phi) is 124. The van der Waals surface area contributed by atoms with E-state index in [4.69, 9.17) is 22.4 Å². The zero-order valence-electron chi connectivity index (χ0n) is 58.8. The van der Waals surface area contributed by atoms with Gasteiger partial charge in [0.2, 0.25) is 0 Å². The Morgan fingerprint density at radius 3 is 0.519 bits per heavy atom. The van der Waals surface area contributed by atoms with Gasteiger partial charge in [-0.25, -0.2) is 0 Å². The molecule has 758 valence electrons. The second kappa shape index (κ2) is 117. The van der Waals surface area contributed by atoms with Crippen LogP contribution >= 0.6 is 0 Å². The van der Waals surface area contributed by atoms with Gasteiger partial charge in [-0.05, 0) is 59.7 Å². The number of aromatic nitrogens is 1. The van der Waals surface area contributed by atoms with E-state index in [9.17, 15) is 0 Å². The highest BCUT2D eigenvalue weighted by molar-refractivity contribution is 8.87. The quantitative estimate of drug-likeness (QED) is 0.194. The van der Waals surface area contributed by atoms with E-state index in [1.54, 1.807) is 107 Å². The normalized spacial score (nSPS) is 8.66. The van der Waals surface area contributed by atoms with Gasteiger partial charge in [0.25, 0.3) is 0 Å². The predicted molar refractivity (Wildman–Crippen MR) is 880 cm³/mol. The zero-order chi connectivity index (χ0) is 93.3. The number of nitrogens with zero attached hydrogens (tertiary/aromatic N) is 1. The van der Waals surface area contributed by atoms with Gasteiger partial charge in [0.05, 0.1) is 11.0 Å². The number of fused-ring (bicyclic) bond motifs is 3. The molecule has 1 heterocycles. The minimum atomic E-state index is 1.08. The molecule has 6 aromatic rings. The number of nitrogens with one attached hydrogen (secondary N) is 1. The lowest BCUT2D eigenvalue weighted by Crippen LogP contribution is -1.93. The molecule has 0 aliphatic heterocycles. The Morgan fingerprint density at radius 2 is 0.308 bits per heavy atom. The van der Waals surface area contributed by atoms with Gasteiger partial charge in [0, 0.05) is 929 Å². The largest absolute Gasteiger partial charge is 0.356 e. The van der Waals surface area contributed by atoms with Crippen LogP contribution in [0.4, 0.5) is 11.4 Å². The van der Waals surface area contributed by atoms with Crippen molar-refractivity contribution >= 4 is 935 Å². The summed E-state index contributed by atoms with van der Waals surface area (Å²) in [5.41, 5.74) is 8.22. The molecule has 5 aromatic carbocycles. The fraction of sp³-hybridized carbons (Fsp3) is 0. The number of hydrogen-bond acceptors (Lipinski definition) is 3. The lowest BCUT2D eigenvalue weighted by molar-refractivity contribution is 1.18. The van der Waals surface area contributed by atoms with Crippen LogP contribution in [0.15, 0.2) is 127 Å². The summed E-state index contributed by atoms with van der Waals surface area (Å²) in [6, 6.07) is 44.9. The van der Waals surface area contributed by atoms with Gasteiger partial charge in [-0.1, -0.05) is 78.9 Å². The molecule has 0 spiro atoms. The number of benzene rings is 5. The van der Waals surface area contributed by atoms with Gasteiger partial charge < -0.3 is 9.88 Å². The molecule has 0 unspecified atom stereocenters. The smallest absolute Gasteiger partial charge is 0.0542 e. The second-order valence-electron chi connectivity index (χ2n) is 14.7. The molecular formula is C30H22N2S101. The van der Waals surface area contributed by atoms with Crippen molar-refractivity contribution in [2.75, 3.05) is 5.32 Å². The number of rotatable bonds is 4. The Bertz CT molecular complexity index is 10100. The highest BCUT2D eigenvalue weighted by atomic mass is 33.6. The van der Waals surface area contributed by atoms with Crippen LogP contribution in [0.1, 0.15) is 0 Å². The van der Waals surface area contributed by atoms with Crippen molar-refractivity contribution in [1.29, 1.82) is 0 Å². The summed E-state index contributed by atoms with van der Waals surface area (Å²) in [7, 11) is 179. The summed E-state index contributed by atoms with van der Waals surface area (Å²) in [5, 5.41) is 6.08. The van der Waals surface area contributed by atoms with Crippen molar-refractivity contribution < 1.29 is 0 Å².